The minimum absolute atomic E-state index is 0.352. The maximum Gasteiger partial charge on any atom is 0.269 e. The second kappa shape index (κ2) is 4.12. The molecule has 2 rings (SSSR count). The maximum atomic E-state index is 10.9. The molecule has 1 N–H and O–H groups in total. The zero-order valence-corrected chi connectivity index (χ0v) is 10.3. The van der Waals surface area contributed by atoms with Gasteiger partial charge in [-0.25, -0.2) is 4.98 Å². The van der Waals surface area contributed by atoms with Crippen LogP contribution in [0.15, 0.2) is 18.2 Å². The fourth-order valence-electron chi connectivity index (χ4n) is 1.51. The average molecular weight is 257 g/mol. The topological polar surface area (TPSA) is 67.3 Å². The molecule has 2 aromatic rings. The third-order valence-electron chi connectivity index (χ3n) is 2.18. The summed E-state index contributed by atoms with van der Waals surface area (Å²) in [5, 5.41) is 0.970. The van der Waals surface area contributed by atoms with Crippen LogP contribution >= 0.6 is 11.3 Å². The van der Waals surface area contributed by atoms with Crippen LogP contribution in [-0.2, 0) is 22.3 Å². The fraction of sp³-hybridized carbons (Fsp3) is 0.300. The predicted octanol–water partition coefficient (Wildman–Crippen LogP) is 2.25. The molecule has 0 amide bonds. The predicted molar refractivity (Wildman–Crippen MR) is 64.3 cm³/mol. The highest BCUT2D eigenvalue weighted by Crippen LogP contribution is 2.27. The number of rotatable bonds is 3. The Bertz CT molecular complexity index is 616. The molecule has 4 nitrogen and oxygen atoms in total. The van der Waals surface area contributed by atoms with E-state index in [9.17, 15) is 8.42 Å². The van der Waals surface area contributed by atoms with Gasteiger partial charge in [0.25, 0.3) is 10.1 Å². The van der Waals surface area contributed by atoms with Crippen molar-refractivity contribution in [3.05, 3.63) is 28.8 Å². The number of benzene rings is 1. The molecule has 1 heterocycles. The van der Waals surface area contributed by atoms with Gasteiger partial charge < -0.3 is 0 Å². The van der Waals surface area contributed by atoms with Gasteiger partial charge in [-0.3, -0.25) is 4.55 Å². The van der Waals surface area contributed by atoms with Gasteiger partial charge in [0.05, 0.1) is 15.2 Å². The van der Waals surface area contributed by atoms with Crippen LogP contribution in [0.5, 0.6) is 0 Å². The van der Waals surface area contributed by atoms with E-state index >= 15 is 0 Å². The Labute approximate surface area is 97.7 Å². The molecule has 0 saturated heterocycles. The number of aromatic nitrogens is 1. The van der Waals surface area contributed by atoms with E-state index in [1.54, 1.807) is 12.1 Å². The summed E-state index contributed by atoms with van der Waals surface area (Å²) in [4.78, 5) is 4.36. The van der Waals surface area contributed by atoms with E-state index in [2.05, 4.69) is 4.98 Å². The lowest BCUT2D eigenvalue weighted by Gasteiger charge is -1.98. The van der Waals surface area contributed by atoms with Crippen molar-refractivity contribution in [1.82, 2.24) is 4.98 Å². The Hall–Kier alpha value is -0.980. The van der Waals surface area contributed by atoms with Gasteiger partial charge in [0, 0.05) is 0 Å². The van der Waals surface area contributed by atoms with Crippen molar-refractivity contribution in [3.63, 3.8) is 0 Å². The number of aryl methyl sites for hydroxylation is 1. The first-order chi connectivity index (χ1) is 7.49. The lowest BCUT2D eigenvalue weighted by atomic mass is 10.2. The molecule has 0 aliphatic carbocycles. The zero-order chi connectivity index (χ0) is 11.8. The van der Waals surface area contributed by atoms with Crippen LogP contribution in [0.2, 0.25) is 0 Å². The summed E-state index contributed by atoms with van der Waals surface area (Å²) in [6, 6.07) is 5.30. The van der Waals surface area contributed by atoms with Crippen LogP contribution in [0.3, 0.4) is 0 Å². The highest BCUT2D eigenvalue weighted by molar-refractivity contribution is 7.85. The molecule has 0 saturated carbocycles. The van der Waals surface area contributed by atoms with Gasteiger partial charge in [0.2, 0.25) is 0 Å². The molecule has 0 bridgehead atoms. The van der Waals surface area contributed by atoms with Crippen LogP contribution in [0.4, 0.5) is 0 Å². The molecule has 1 aromatic carbocycles. The van der Waals surface area contributed by atoms with E-state index in [4.69, 9.17) is 4.55 Å². The molecule has 0 spiro atoms. The zero-order valence-electron chi connectivity index (χ0n) is 8.67. The number of hydrogen-bond acceptors (Lipinski definition) is 4. The van der Waals surface area contributed by atoms with Crippen molar-refractivity contribution in [2.75, 3.05) is 0 Å². The summed E-state index contributed by atoms with van der Waals surface area (Å²) >= 11 is 1.48. The largest absolute Gasteiger partial charge is 0.285 e. The van der Waals surface area contributed by atoms with Crippen LogP contribution < -0.4 is 0 Å². The molecular formula is C10H11NO3S2. The fourth-order valence-corrected chi connectivity index (χ4v) is 3.25. The maximum absolute atomic E-state index is 10.9. The highest BCUT2D eigenvalue weighted by Gasteiger charge is 2.12. The summed E-state index contributed by atoms with van der Waals surface area (Å²) in [5.74, 6) is -0.352. The highest BCUT2D eigenvalue weighted by atomic mass is 32.2. The van der Waals surface area contributed by atoms with E-state index in [-0.39, 0.29) is 5.75 Å². The summed E-state index contributed by atoms with van der Waals surface area (Å²) in [6.07, 6.45) is 0.824. The van der Waals surface area contributed by atoms with E-state index in [1.165, 1.54) is 11.3 Å². The molecule has 0 aliphatic rings. The third kappa shape index (κ3) is 2.40. The first kappa shape index (κ1) is 11.5. The van der Waals surface area contributed by atoms with Crippen LogP contribution in [0.25, 0.3) is 10.2 Å². The molecule has 0 aliphatic heterocycles. The molecule has 16 heavy (non-hydrogen) atoms. The molecular weight excluding hydrogens is 246 g/mol. The third-order valence-corrected chi connectivity index (χ3v) is 4.15. The Morgan fingerprint density at radius 3 is 2.81 bits per heavy atom. The first-order valence-electron chi connectivity index (χ1n) is 4.82. The van der Waals surface area contributed by atoms with Gasteiger partial charge in [-0.05, 0) is 18.1 Å². The normalized spacial score (nSPS) is 12.1. The Kier molecular flexibility index (Phi) is 2.96. The average Bonchev–Trinajstić information content (AvgIpc) is 2.59. The smallest absolute Gasteiger partial charge is 0.269 e. The van der Waals surface area contributed by atoms with Crippen molar-refractivity contribution in [2.24, 2.45) is 0 Å². The molecule has 0 unspecified atom stereocenters. The van der Waals surface area contributed by atoms with Gasteiger partial charge in [-0.1, -0.05) is 19.1 Å². The first-order valence-corrected chi connectivity index (χ1v) is 7.24. The summed E-state index contributed by atoms with van der Waals surface area (Å²) in [7, 11) is -3.99. The van der Waals surface area contributed by atoms with Crippen molar-refractivity contribution in [3.8, 4) is 0 Å². The number of fused-ring (bicyclic) bond motifs is 1. The van der Waals surface area contributed by atoms with Crippen molar-refractivity contribution in [1.29, 1.82) is 0 Å². The SMILES string of the molecule is CCc1nc2cccc(CS(=O)(=O)O)c2s1. The summed E-state index contributed by atoms with van der Waals surface area (Å²) < 4.78 is 31.4. The quantitative estimate of drug-likeness (QED) is 0.856. The molecule has 86 valence electrons. The monoisotopic (exact) mass is 257 g/mol. The lowest BCUT2D eigenvalue weighted by Crippen LogP contribution is -2.01. The molecule has 0 radical (unpaired) electrons. The van der Waals surface area contributed by atoms with E-state index in [0.29, 0.717) is 5.56 Å². The van der Waals surface area contributed by atoms with Gasteiger partial charge in [-0.15, -0.1) is 11.3 Å². The van der Waals surface area contributed by atoms with Crippen molar-refractivity contribution < 1.29 is 13.0 Å². The lowest BCUT2D eigenvalue weighted by molar-refractivity contribution is 0.482. The van der Waals surface area contributed by atoms with Gasteiger partial charge >= 0.3 is 0 Å². The van der Waals surface area contributed by atoms with Crippen molar-refractivity contribution >= 4 is 31.7 Å². The van der Waals surface area contributed by atoms with Gasteiger partial charge in [0.1, 0.15) is 5.75 Å². The van der Waals surface area contributed by atoms with Crippen LogP contribution in [0, 0.1) is 0 Å². The summed E-state index contributed by atoms with van der Waals surface area (Å²) in [5.41, 5.74) is 1.40. The molecule has 0 atom stereocenters. The van der Waals surface area contributed by atoms with Gasteiger partial charge in [-0.2, -0.15) is 8.42 Å². The number of nitrogens with zero attached hydrogens (tertiary/aromatic N) is 1. The van der Waals surface area contributed by atoms with E-state index < -0.39 is 10.1 Å². The Morgan fingerprint density at radius 1 is 1.44 bits per heavy atom. The van der Waals surface area contributed by atoms with E-state index in [1.807, 2.05) is 13.0 Å². The second-order valence-corrected chi connectivity index (χ2v) is 5.99. The van der Waals surface area contributed by atoms with E-state index in [0.717, 1.165) is 21.6 Å². The molecule has 0 fully saturated rings. The van der Waals surface area contributed by atoms with Gasteiger partial charge in [0.15, 0.2) is 0 Å². The minimum Gasteiger partial charge on any atom is -0.285 e. The second-order valence-electron chi connectivity index (χ2n) is 3.45. The minimum atomic E-state index is -3.99. The standard InChI is InChI=1S/C10H11NO3S2/c1-2-9-11-8-5-3-4-7(10(8)15-9)6-16(12,13)14/h3-5H,2,6H2,1H3,(H,12,13,14). The molecule has 1 aromatic heterocycles. The summed E-state index contributed by atoms with van der Waals surface area (Å²) in [6.45, 7) is 2.00. The van der Waals surface area contributed by atoms with Crippen molar-refractivity contribution in [2.45, 2.75) is 19.1 Å². The Morgan fingerprint density at radius 2 is 2.19 bits per heavy atom. The number of hydrogen-bond donors (Lipinski definition) is 1. The Balaban J connectivity index is 2.57. The van der Waals surface area contributed by atoms with Crippen LogP contribution in [0.1, 0.15) is 17.5 Å². The molecule has 6 heteroatoms. The number of thiazole rings is 1. The van der Waals surface area contributed by atoms with Crippen LogP contribution in [-0.4, -0.2) is 18.0 Å².